The zero-order chi connectivity index (χ0) is 22.2. The number of hydrogen-bond acceptors (Lipinski definition) is 6. The van der Waals surface area contributed by atoms with Crippen LogP contribution in [0.25, 0.3) is 0 Å². The molecule has 0 saturated heterocycles. The average molecular weight is 420 g/mol. The smallest absolute Gasteiger partial charge is 0.338 e. The van der Waals surface area contributed by atoms with E-state index in [2.05, 4.69) is 5.32 Å². The van der Waals surface area contributed by atoms with Crippen molar-refractivity contribution in [3.05, 3.63) is 99.6 Å². The van der Waals surface area contributed by atoms with Crippen LogP contribution >= 0.6 is 0 Å². The Kier molecular flexibility index (Phi) is 6.95. The maximum atomic E-state index is 12.3. The molecule has 1 amide bonds. The van der Waals surface area contributed by atoms with Gasteiger partial charge in [0.15, 0.2) is 12.4 Å². The van der Waals surface area contributed by atoms with Crippen LogP contribution < -0.4 is 10.1 Å². The van der Waals surface area contributed by atoms with Crippen molar-refractivity contribution in [3.8, 4) is 5.75 Å². The van der Waals surface area contributed by atoms with E-state index in [1.165, 1.54) is 19.2 Å². The van der Waals surface area contributed by atoms with Crippen molar-refractivity contribution in [3.63, 3.8) is 0 Å². The van der Waals surface area contributed by atoms with Gasteiger partial charge in [-0.05, 0) is 35.7 Å². The molecule has 0 atom stereocenters. The highest BCUT2D eigenvalue weighted by Crippen LogP contribution is 2.27. The number of nitrogens with zero attached hydrogens (tertiary/aromatic N) is 1. The minimum atomic E-state index is -0.849. The topological polar surface area (TPSA) is 108 Å². The van der Waals surface area contributed by atoms with E-state index in [9.17, 15) is 19.7 Å². The number of rotatable bonds is 8. The molecule has 0 heterocycles. The largest absolute Gasteiger partial charge is 0.490 e. The van der Waals surface area contributed by atoms with E-state index in [-0.39, 0.29) is 17.0 Å². The number of nitrogens with one attached hydrogen (secondary N) is 1. The number of nitro benzene ring substituents is 1. The molecule has 0 aliphatic rings. The summed E-state index contributed by atoms with van der Waals surface area (Å²) in [7, 11) is 1.29. The van der Waals surface area contributed by atoms with Gasteiger partial charge in [-0.3, -0.25) is 14.9 Å². The summed E-state index contributed by atoms with van der Waals surface area (Å²) in [5.74, 6) is -1.34. The Morgan fingerprint density at radius 1 is 1.00 bits per heavy atom. The third-order valence-electron chi connectivity index (χ3n) is 4.47. The summed E-state index contributed by atoms with van der Waals surface area (Å²) in [5.41, 5.74) is 2.21. The van der Waals surface area contributed by atoms with Crippen LogP contribution in [0, 0.1) is 10.1 Å². The Bertz CT molecular complexity index is 1100. The van der Waals surface area contributed by atoms with Crippen LogP contribution in [0.15, 0.2) is 72.8 Å². The van der Waals surface area contributed by atoms with E-state index in [4.69, 9.17) is 9.47 Å². The highest BCUT2D eigenvalue weighted by Gasteiger charge is 2.19. The molecule has 0 radical (unpaired) electrons. The number of hydrogen-bond donors (Lipinski definition) is 1. The predicted molar refractivity (Wildman–Crippen MR) is 114 cm³/mol. The highest BCUT2D eigenvalue weighted by atomic mass is 16.6. The van der Waals surface area contributed by atoms with Crippen LogP contribution in [0.4, 0.5) is 11.4 Å². The van der Waals surface area contributed by atoms with Gasteiger partial charge in [0.25, 0.3) is 5.91 Å². The summed E-state index contributed by atoms with van der Waals surface area (Å²) >= 11 is 0. The molecule has 8 nitrogen and oxygen atoms in total. The van der Waals surface area contributed by atoms with Crippen molar-refractivity contribution in [2.75, 3.05) is 19.0 Å². The number of benzene rings is 3. The van der Waals surface area contributed by atoms with Gasteiger partial charge in [-0.2, -0.15) is 0 Å². The first kappa shape index (κ1) is 21.5. The lowest BCUT2D eigenvalue weighted by molar-refractivity contribution is -0.385. The van der Waals surface area contributed by atoms with Crippen molar-refractivity contribution in [2.45, 2.75) is 6.42 Å². The SMILES string of the molecule is COc1ccc(C(=O)OCC(=O)Nc2ccccc2Cc2ccccc2)cc1[N+](=O)[O-]. The molecule has 3 rings (SSSR count). The van der Waals surface area contributed by atoms with E-state index < -0.39 is 23.4 Å². The van der Waals surface area contributed by atoms with Crippen LogP contribution in [0.5, 0.6) is 5.75 Å². The average Bonchev–Trinajstić information content (AvgIpc) is 2.79. The molecule has 0 unspecified atom stereocenters. The predicted octanol–water partition coefficient (Wildman–Crippen LogP) is 3.99. The molecule has 0 aliphatic heterocycles. The monoisotopic (exact) mass is 420 g/mol. The zero-order valence-corrected chi connectivity index (χ0v) is 16.7. The van der Waals surface area contributed by atoms with Crippen LogP contribution in [-0.2, 0) is 16.0 Å². The first-order valence-electron chi connectivity index (χ1n) is 9.39. The van der Waals surface area contributed by atoms with Crippen LogP contribution in [0.2, 0.25) is 0 Å². The Morgan fingerprint density at radius 3 is 2.42 bits per heavy atom. The van der Waals surface area contributed by atoms with Gasteiger partial charge in [0.2, 0.25) is 0 Å². The van der Waals surface area contributed by atoms with Gasteiger partial charge in [-0.25, -0.2) is 4.79 Å². The molecule has 0 bridgehead atoms. The first-order valence-corrected chi connectivity index (χ1v) is 9.39. The number of carbonyl (C=O) groups excluding carboxylic acids is 2. The van der Waals surface area contributed by atoms with Crippen molar-refractivity contribution in [2.24, 2.45) is 0 Å². The van der Waals surface area contributed by atoms with E-state index in [1.54, 1.807) is 12.1 Å². The van der Waals surface area contributed by atoms with E-state index in [1.807, 2.05) is 42.5 Å². The fourth-order valence-electron chi connectivity index (χ4n) is 2.97. The fraction of sp³-hybridized carbons (Fsp3) is 0.130. The third-order valence-corrected chi connectivity index (χ3v) is 4.47. The zero-order valence-electron chi connectivity index (χ0n) is 16.7. The number of anilines is 1. The summed E-state index contributed by atoms with van der Waals surface area (Å²) in [6.45, 7) is -0.529. The van der Waals surface area contributed by atoms with Gasteiger partial charge in [-0.15, -0.1) is 0 Å². The number of nitro groups is 1. The summed E-state index contributed by atoms with van der Waals surface area (Å²) in [6.07, 6.45) is 0.632. The Labute approximate surface area is 178 Å². The summed E-state index contributed by atoms with van der Waals surface area (Å²) in [5, 5.41) is 13.8. The second-order valence-corrected chi connectivity index (χ2v) is 6.59. The molecule has 158 valence electrons. The van der Waals surface area contributed by atoms with Gasteiger partial charge in [0.05, 0.1) is 17.6 Å². The highest BCUT2D eigenvalue weighted by molar-refractivity contribution is 5.96. The van der Waals surface area contributed by atoms with E-state index in [0.29, 0.717) is 12.1 Å². The van der Waals surface area contributed by atoms with E-state index >= 15 is 0 Å². The van der Waals surface area contributed by atoms with Gasteiger partial charge in [0, 0.05) is 11.8 Å². The second kappa shape index (κ2) is 10.0. The van der Waals surface area contributed by atoms with Gasteiger partial charge in [-0.1, -0.05) is 48.5 Å². The molecule has 0 spiro atoms. The van der Waals surface area contributed by atoms with Crippen molar-refractivity contribution in [1.29, 1.82) is 0 Å². The normalized spacial score (nSPS) is 10.2. The Balaban J connectivity index is 1.63. The molecule has 0 aromatic heterocycles. The first-order chi connectivity index (χ1) is 15.0. The minimum Gasteiger partial charge on any atom is -0.490 e. The van der Waals surface area contributed by atoms with Crippen LogP contribution in [0.1, 0.15) is 21.5 Å². The molecule has 8 heteroatoms. The molecule has 0 fully saturated rings. The Morgan fingerprint density at radius 2 is 1.71 bits per heavy atom. The molecular formula is C23H20N2O6. The lowest BCUT2D eigenvalue weighted by atomic mass is 10.0. The number of ether oxygens (including phenoxy) is 2. The number of carbonyl (C=O) groups is 2. The molecule has 0 saturated carbocycles. The molecule has 1 N–H and O–H groups in total. The number of para-hydroxylation sites is 1. The summed E-state index contributed by atoms with van der Waals surface area (Å²) in [6, 6.07) is 20.8. The number of amides is 1. The summed E-state index contributed by atoms with van der Waals surface area (Å²) in [4.78, 5) is 35.0. The maximum Gasteiger partial charge on any atom is 0.338 e. The maximum absolute atomic E-state index is 12.3. The Hall–Kier alpha value is -4.20. The number of esters is 1. The lowest BCUT2D eigenvalue weighted by Crippen LogP contribution is -2.21. The third kappa shape index (κ3) is 5.66. The van der Waals surface area contributed by atoms with Crippen LogP contribution in [0.3, 0.4) is 0 Å². The van der Waals surface area contributed by atoms with Crippen molar-refractivity contribution >= 4 is 23.3 Å². The molecule has 3 aromatic carbocycles. The second-order valence-electron chi connectivity index (χ2n) is 6.59. The van der Waals surface area contributed by atoms with Gasteiger partial charge >= 0.3 is 11.7 Å². The molecule has 0 aliphatic carbocycles. The molecular weight excluding hydrogens is 400 g/mol. The van der Waals surface area contributed by atoms with Crippen molar-refractivity contribution in [1.82, 2.24) is 0 Å². The van der Waals surface area contributed by atoms with Gasteiger partial charge < -0.3 is 14.8 Å². The van der Waals surface area contributed by atoms with E-state index in [0.717, 1.165) is 17.2 Å². The van der Waals surface area contributed by atoms with Gasteiger partial charge in [0.1, 0.15) is 0 Å². The van der Waals surface area contributed by atoms with Crippen LogP contribution in [-0.4, -0.2) is 30.5 Å². The fourth-order valence-corrected chi connectivity index (χ4v) is 2.97. The van der Waals surface area contributed by atoms with Crippen molar-refractivity contribution < 1.29 is 24.0 Å². The quantitative estimate of drug-likeness (QED) is 0.335. The molecule has 31 heavy (non-hydrogen) atoms. The summed E-state index contributed by atoms with van der Waals surface area (Å²) < 4.78 is 9.92. The lowest BCUT2D eigenvalue weighted by Gasteiger charge is -2.12. The standard InChI is InChI=1S/C23H20N2O6/c1-30-21-12-11-18(14-20(21)25(28)29)23(27)31-15-22(26)24-19-10-6-5-9-17(19)13-16-7-3-2-4-8-16/h2-12,14H,13,15H2,1H3,(H,24,26). The molecule has 3 aromatic rings. The minimum absolute atomic E-state index is 0.0225. The number of methoxy groups -OCH3 is 1.